The molecule has 1 atom stereocenters. The van der Waals surface area contributed by atoms with Gasteiger partial charge in [0, 0.05) is 23.6 Å². The first-order valence-electron chi connectivity index (χ1n) is 7.21. The van der Waals surface area contributed by atoms with Gasteiger partial charge < -0.3 is 15.0 Å². The van der Waals surface area contributed by atoms with Crippen LogP contribution < -0.4 is 5.32 Å². The largest absolute Gasteiger partial charge is 0.370 e. The fourth-order valence-corrected chi connectivity index (χ4v) is 2.93. The van der Waals surface area contributed by atoms with Crippen LogP contribution >= 0.6 is 35.6 Å². The molecule has 1 saturated heterocycles. The lowest BCUT2D eigenvalue weighted by molar-refractivity contribution is -0.139. The molecule has 0 aromatic heterocycles. The normalized spacial score (nSPS) is 17.7. The molecule has 1 aliphatic heterocycles. The molecular formula is C15H20Cl3FN2O2. The van der Waals surface area contributed by atoms with Crippen molar-refractivity contribution in [3.05, 3.63) is 33.6 Å². The molecule has 1 N–H and O–H groups in total. The highest BCUT2D eigenvalue weighted by Gasteiger charge is 2.27. The van der Waals surface area contributed by atoms with Crippen molar-refractivity contribution in [3.8, 4) is 0 Å². The molecule has 130 valence electrons. The zero-order chi connectivity index (χ0) is 16.1. The number of rotatable bonds is 5. The highest BCUT2D eigenvalue weighted by atomic mass is 35.5. The van der Waals surface area contributed by atoms with E-state index in [9.17, 15) is 9.18 Å². The van der Waals surface area contributed by atoms with Gasteiger partial charge in [0.1, 0.15) is 11.9 Å². The van der Waals surface area contributed by atoms with Crippen molar-refractivity contribution >= 4 is 41.5 Å². The molecular weight excluding hydrogens is 366 g/mol. The maximum Gasteiger partial charge on any atom is 0.222 e. The van der Waals surface area contributed by atoms with Gasteiger partial charge >= 0.3 is 0 Å². The van der Waals surface area contributed by atoms with Gasteiger partial charge in [0.25, 0.3) is 0 Å². The van der Waals surface area contributed by atoms with Crippen LogP contribution in [0.4, 0.5) is 4.39 Å². The van der Waals surface area contributed by atoms with Crippen LogP contribution in [0.5, 0.6) is 0 Å². The molecule has 23 heavy (non-hydrogen) atoms. The number of carbonyl (C=O) groups is 1. The van der Waals surface area contributed by atoms with Gasteiger partial charge in [0.2, 0.25) is 5.91 Å². The van der Waals surface area contributed by atoms with Crippen LogP contribution in [0.2, 0.25) is 10.0 Å². The molecule has 4 nitrogen and oxygen atoms in total. The van der Waals surface area contributed by atoms with Crippen LogP contribution in [0.1, 0.15) is 24.5 Å². The van der Waals surface area contributed by atoms with Crippen LogP contribution in [0, 0.1) is 5.82 Å². The summed E-state index contributed by atoms with van der Waals surface area (Å²) in [4.78, 5) is 13.9. The Morgan fingerprint density at radius 2 is 2.17 bits per heavy atom. The van der Waals surface area contributed by atoms with Gasteiger partial charge in [-0.15, -0.1) is 12.4 Å². The summed E-state index contributed by atoms with van der Waals surface area (Å²) in [5.41, 5.74) is 0.524. The SMILES string of the molecule is CNCCCC(=O)N1CCOC(c2cc(F)c(Cl)cc2Cl)C1.Cl. The van der Waals surface area contributed by atoms with Crippen LogP contribution in [-0.4, -0.2) is 44.1 Å². The summed E-state index contributed by atoms with van der Waals surface area (Å²) in [6, 6.07) is 2.65. The van der Waals surface area contributed by atoms with Crippen molar-refractivity contribution in [1.82, 2.24) is 10.2 Å². The summed E-state index contributed by atoms with van der Waals surface area (Å²) < 4.78 is 19.3. The summed E-state index contributed by atoms with van der Waals surface area (Å²) in [5, 5.41) is 3.34. The minimum absolute atomic E-state index is 0. The first-order valence-corrected chi connectivity index (χ1v) is 7.97. The van der Waals surface area contributed by atoms with Gasteiger partial charge in [-0.2, -0.15) is 0 Å². The Labute approximate surface area is 151 Å². The van der Waals surface area contributed by atoms with E-state index in [2.05, 4.69) is 5.32 Å². The third-order valence-electron chi connectivity index (χ3n) is 3.62. The van der Waals surface area contributed by atoms with Crippen molar-refractivity contribution in [1.29, 1.82) is 0 Å². The Kier molecular flexibility index (Phi) is 8.58. The number of halogens is 4. The summed E-state index contributed by atoms with van der Waals surface area (Å²) in [5.74, 6) is -0.462. The smallest absolute Gasteiger partial charge is 0.222 e. The number of ether oxygens (including phenoxy) is 1. The molecule has 0 spiro atoms. The maximum absolute atomic E-state index is 13.6. The van der Waals surface area contributed by atoms with Gasteiger partial charge in [-0.1, -0.05) is 23.2 Å². The molecule has 1 amide bonds. The highest BCUT2D eigenvalue weighted by Crippen LogP contribution is 2.32. The minimum Gasteiger partial charge on any atom is -0.370 e. The number of nitrogens with one attached hydrogen (secondary N) is 1. The van der Waals surface area contributed by atoms with Gasteiger partial charge in [-0.05, 0) is 32.1 Å². The summed E-state index contributed by atoms with van der Waals surface area (Å²) in [7, 11) is 1.85. The second kappa shape index (κ2) is 9.64. The van der Waals surface area contributed by atoms with Crippen LogP contribution in [0.15, 0.2) is 12.1 Å². The van der Waals surface area contributed by atoms with E-state index in [1.54, 1.807) is 4.90 Å². The Balaban J connectivity index is 0.00000264. The molecule has 0 saturated carbocycles. The molecule has 1 unspecified atom stereocenters. The second-order valence-electron chi connectivity index (χ2n) is 5.19. The summed E-state index contributed by atoms with van der Waals surface area (Å²) >= 11 is 11.8. The first-order chi connectivity index (χ1) is 10.5. The Bertz CT molecular complexity index is 546. The molecule has 0 aliphatic carbocycles. The number of amides is 1. The van der Waals surface area contributed by atoms with Crippen molar-refractivity contribution in [2.45, 2.75) is 18.9 Å². The van der Waals surface area contributed by atoms with Gasteiger partial charge in [0.15, 0.2) is 0 Å². The highest BCUT2D eigenvalue weighted by molar-refractivity contribution is 6.35. The number of benzene rings is 1. The number of hydrogen-bond donors (Lipinski definition) is 1. The Hall–Kier alpha value is -0.590. The Morgan fingerprint density at radius 3 is 2.87 bits per heavy atom. The molecule has 1 aliphatic rings. The van der Waals surface area contributed by atoms with E-state index >= 15 is 0 Å². The van der Waals surface area contributed by atoms with Crippen LogP contribution in [0.25, 0.3) is 0 Å². The molecule has 1 aromatic rings. The van der Waals surface area contributed by atoms with Gasteiger partial charge in [-0.25, -0.2) is 4.39 Å². The predicted molar refractivity (Wildman–Crippen MR) is 92.1 cm³/mol. The molecule has 1 fully saturated rings. The topological polar surface area (TPSA) is 41.6 Å². The van der Waals surface area contributed by atoms with E-state index in [1.807, 2.05) is 7.05 Å². The van der Waals surface area contributed by atoms with Crippen LogP contribution in [-0.2, 0) is 9.53 Å². The average molecular weight is 386 g/mol. The van der Waals surface area contributed by atoms with Gasteiger partial charge in [0.05, 0.1) is 18.2 Å². The first kappa shape index (κ1) is 20.5. The number of hydrogen-bond acceptors (Lipinski definition) is 3. The molecule has 1 heterocycles. The fraction of sp³-hybridized carbons (Fsp3) is 0.533. The molecule has 0 radical (unpaired) electrons. The van der Waals surface area contributed by atoms with E-state index in [4.69, 9.17) is 27.9 Å². The van der Waals surface area contributed by atoms with Crippen molar-refractivity contribution in [3.63, 3.8) is 0 Å². The second-order valence-corrected chi connectivity index (χ2v) is 6.01. The Morgan fingerprint density at radius 1 is 1.43 bits per heavy atom. The monoisotopic (exact) mass is 384 g/mol. The summed E-state index contributed by atoms with van der Waals surface area (Å²) in [6.45, 7) is 2.12. The number of morpholine rings is 1. The number of carbonyl (C=O) groups excluding carboxylic acids is 1. The zero-order valence-corrected chi connectivity index (χ0v) is 15.1. The van der Waals surface area contributed by atoms with E-state index in [0.29, 0.717) is 36.7 Å². The molecule has 1 aromatic carbocycles. The van der Waals surface area contributed by atoms with Crippen molar-refractivity contribution < 1.29 is 13.9 Å². The lowest BCUT2D eigenvalue weighted by Crippen LogP contribution is -2.42. The van der Waals surface area contributed by atoms with Crippen LogP contribution in [0.3, 0.4) is 0 Å². The third kappa shape index (κ3) is 5.47. The van der Waals surface area contributed by atoms with E-state index < -0.39 is 11.9 Å². The fourth-order valence-electron chi connectivity index (χ4n) is 2.42. The summed E-state index contributed by atoms with van der Waals surface area (Å²) in [6.07, 6.45) is 0.838. The number of nitrogens with zero attached hydrogens (tertiary/aromatic N) is 1. The van der Waals surface area contributed by atoms with E-state index in [0.717, 1.165) is 13.0 Å². The average Bonchev–Trinajstić information content (AvgIpc) is 2.51. The van der Waals surface area contributed by atoms with E-state index in [-0.39, 0.29) is 23.3 Å². The standard InChI is InChI=1S/C15H19Cl2FN2O2.ClH/c1-19-4-2-3-15(21)20-5-6-22-14(9-20)10-7-13(18)12(17)8-11(10)16;/h7-8,14,19H,2-6,9H2,1H3;1H. The van der Waals surface area contributed by atoms with E-state index in [1.165, 1.54) is 12.1 Å². The van der Waals surface area contributed by atoms with Crippen molar-refractivity contribution in [2.24, 2.45) is 0 Å². The molecule has 2 rings (SSSR count). The lowest BCUT2D eigenvalue weighted by Gasteiger charge is -2.33. The zero-order valence-electron chi connectivity index (χ0n) is 12.8. The minimum atomic E-state index is -0.540. The quantitative estimate of drug-likeness (QED) is 0.623. The van der Waals surface area contributed by atoms with Gasteiger partial charge in [-0.3, -0.25) is 4.79 Å². The molecule has 8 heteroatoms. The lowest BCUT2D eigenvalue weighted by atomic mass is 10.1. The third-order valence-corrected chi connectivity index (χ3v) is 4.24. The maximum atomic E-state index is 13.6. The molecule has 0 bridgehead atoms. The predicted octanol–water partition coefficient (Wildman–Crippen LogP) is 3.45. The van der Waals surface area contributed by atoms with Crippen molar-refractivity contribution in [2.75, 3.05) is 33.3 Å².